The number of rotatable bonds is 7. The SMILES string of the molecule is COCC(N)C(=O)Nc1ccc(OCc2noc(C)n2)cc1. The highest BCUT2D eigenvalue weighted by atomic mass is 16.5. The van der Waals surface area contributed by atoms with E-state index in [0.717, 1.165) is 0 Å². The van der Waals surface area contributed by atoms with E-state index in [1.807, 2.05) is 0 Å². The summed E-state index contributed by atoms with van der Waals surface area (Å²) in [6.07, 6.45) is 0. The number of ether oxygens (including phenoxy) is 2. The normalized spacial score (nSPS) is 12.0. The Morgan fingerprint density at radius 2 is 2.14 bits per heavy atom. The van der Waals surface area contributed by atoms with Crippen molar-refractivity contribution in [3.8, 4) is 5.75 Å². The summed E-state index contributed by atoms with van der Waals surface area (Å²) in [5.74, 6) is 1.28. The number of carbonyl (C=O) groups is 1. The number of aromatic nitrogens is 2. The van der Waals surface area contributed by atoms with Crippen molar-refractivity contribution >= 4 is 11.6 Å². The largest absolute Gasteiger partial charge is 0.485 e. The smallest absolute Gasteiger partial charge is 0.243 e. The molecule has 0 saturated heterocycles. The maximum absolute atomic E-state index is 11.7. The first-order valence-electron chi connectivity index (χ1n) is 6.66. The summed E-state index contributed by atoms with van der Waals surface area (Å²) in [6.45, 7) is 2.08. The fourth-order valence-corrected chi connectivity index (χ4v) is 1.67. The van der Waals surface area contributed by atoms with E-state index in [4.69, 9.17) is 19.7 Å². The van der Waals surface area contributed by atoms with Crippen molar-refractivity contribution in [2.45, 2.75) is 19.6 Å². The van der Waals surface area contributed by atoms with Crippen molar-refractivity contribution in [1.82, 2.24) is 10.1 Å². The summed E-state index contributed by atoms with van der Waals surface area (Å²) in [6, 6.07) is 6.18. The van der Waals surface area contributed by atoms with Crippen molar-refractivity contribution < 1.29 is 18.8 Å². The van der Waals surface area contributed by atoms with E-state index in [9.17, 15) is 4.79 Å². The lowest BCUT2D eigenvalue weighted by atomic mass is 10.2. The van der Waals surface area contributed by atoms with Gasteiger partial charge in [-0.05, 0) is 24.3 Å². The summed E-state index contributed by atoms with van der Waals surface area (Å²) in [7, 11) is 1.49. The predicted molar refractivity (Wildman–Crippen MR) is 78.3 cm³/mol. The Balaban J connectivity index is 1.86. The molecule has 0 aliphatic heterocycles. The van der Waals surface area contributed by atoms with E-state index in [0.29, 0.717) is 23.2 Å². The summed E-state index contributed by atoms with van der Waals surface area (Å²) in [5, 5.41) is 6.42. The molecule has 3 N–H and O–H groups in total. The molecule has 1 atom stereocenters. The summed E-state index contributed by atoms with van der Waals surface area (Å²) >= 11 is 0. The quantitative estimate of drug-likeness (QED) is 0.780. The molecule has 1 unspecified atom stereocenters. The molecule has 8 heteroatoms. The second-order valence-electron chi connectivity index (χ2n) is 4.59. The maximum Gasteiger partial charge on any atom is 0.243 e. The van der Waals surface area contributed by atoms with E-state index in [-0.39, 0.29) is 19.1 Å². The minimum atomic E-state index is -0.706. The second-order valence-corrected chi connectivity index (χ2v) is 4.59. The molecule has 1 amide bonds. The zero-order valence-electron chi connectivity index (χ0n) is 12.4. The van der Waals surface area contributed by atoms with Gasteiger partial charge in [-0.1, -0.05) is 5.16 Å². The van der Waals surface area contributed by atoms with Gasteiger partial charge in [0.15, 0.2) is 6.61 Å². The Morgan fingerprint density at radius 1 is 1.41 bits per heavy atom. The van der Waals surface area contributed by atoms with Crippen LogP contribution in [0, 0.1) is 6.92 Å². The van der Waals surface area contributed by atoms with E-state index >= 15 is 0 Å². The Hall–Kier alpha value is -2.45. The number of hydrogen-bond donors (Lipinski definition) is 2. The third kappa shape index (κ3) is 4.54. The third-order valence-electron chi connectivity index (χ3n) is 2.74. The molecular formula is C14H18N4O4. The first kappa shape index (κ1) is 15.9. The monoisotopic (exact) mass is 306 g/mol. The Bertz CT molecular complexity index is 612. The molecule has 0 fully saturated rings. The van der Waals surface area contributed by atoms with Gasteiger partial charge in [-0.3, -0.25) is 4.79 Å². The number of nitrogens with one attached hydrogen (secondary N) is 1. The van der Waals surface area contributed by atoms with Crippen LogP contribution in [0.5, 0.6) is 5.75 Å². The van der Waals surface area contributed by atoms with Crippen molar-refractivity contribution in [2.24, 2.45) is 5.73 Å². The molecule has 1 aromatic heterocycles. The van der Waals surface area contributed by atoms with Crippen LogP contribution in [0.2, 0.25) is 0 Å². The fraction of sp³-hybridized carbons (Fsp3) is 0.357. The van der Waals surface area contributed by atoms with Crippen LogP contribution >= 0.6 is 0 Å². The first-order chi connectivity index (χ1) is 10.6. The van der Waals surface area contributed by atoms with Gasteiger partial charge in [0.1, 0.15) is 11.8 Å². The third-order valence-corrected chi connectivity index (χ3v) is 2.74. The average molecular weight is 306 g/mol. The molecule has 1 heterocycles. The highest BCUT2D eigenvalue weighted by molar-refractivity contribution is 5.94. The maximum atomic E-state index is 11.7. The first-order valence-corrected chi connectivity index (χ1v) is 6.66. The Morgan fingerprint density at radius 3 is 2.73 bits per heavy atom. The summed E-state index contributed by atoms with van der Waals surface area (Å²) in [5.41, 5.74) is 6.26. The van der Waals surface area contributed by atoms with Gasteiger partial charge < -0.3 is 25.0 Å². The number of benzene rings is 1. The summed E-state index contributed by atoms with van der Waals surface area (Å²) < 4.78 is 15.2. The molecule has 1 aromatic carbocycles. The molecule has 0 radical (unpaired) electrons. The van der Waals surface area contributed by atoms with E-state index < -0.39 is 6.04 Å². The topological polar surface area (TPSA) is 112 Å². The molecule has 118 valence electrons. The van der Waals surface area contributed by atoms with Crippen molar-refractivity contribution in [3.63, 3.8) is 0 Å². The lowest BCUT2D eigenvalue weighted by Crippen LogP contribution is -2.39. The van der Waals surface area contributed by atoms with Gasteiger partial charge in [0.05, 0.1) is 6.61 Å². The van der Waals surface area contributed by atoms with Crippen LogP contribution in [0.4, 0.5) is 5.69 Å². The molecule has 0 aliphatic carbocycles. The number of hydrogen-bond acceptors (Lipinski definition) is 7. The van der Waals surface area contributed by atoms with Gasteiger partial charge in [0.2, 0.25) is 17.6 Å². The molecule has 2 rings (SSSR count). The van der Waals surface area contributed by atoms with Crippen LogP contribution in [0.1, 0.15) is 11.7 Å². The van der Waals surface area contributed by atoms with Gasteiger partial charge in [0.25, 0.3) is 0 Å². The number of anilines is 1. The van der Waals surface area contributed by atoms with Crippen LogP contribution in [-0.2, 0) is 16.1 Å². The lowest BCUT2D eigenvalue weighted by molar-refractivity contribution is -0.118. The van der Waals surface area contributed by atoms with Crippen LogP contribution in [0.3, 0.4) is 0 Å². The molecule has 0 saturated carbocycles. The van der Waals surface area contributed by atoms with E-state index in [2.05, 4.69) is 15.5 Å². The molecule has 0 aliphatic rings. The highest BCUT2D eigenvalue weighted by Crippen LogP contribution is 2.16. The van der Waals surface area contributed by atoms with E-state index in [1.54, 1.807) is 31.2 Å². The highest BCUT2D eigenvalue weighted by Gasteiger charge is 2.13. The van der Waals surface area contributed by atoms with Crippen LogP contribution < -0.4 is 15.8 Å². The van der Waals surface area contributed by atoms with Crippen molar-refractivity contribution in [3.05, 3.63) is 36.0 Å². The minimum absolute atomic E-state index is 0.164. The molecule has 22 heavy (non-hydrogen) atoms. The molecule has 0 bridgehead atoms. The number of methoxy groups -OCH3 is 1. The number of nitrogens with two attached hydrogens (primary N) is 1. The lowest BCUT2D eigenvalue weighted by Gasteiger charge is -2.11. The van der Waals surface area contributed by atoms with Gasteiger partial charge in [-0.15, -0.1) is 0 Å². The number of amides is 1. The van der Waals surface area contributed by atoms with Gasteiger partial charge in [-0.2, -0.15) is 4.98 Å². The molecular weight excluding hydrogens is 288 g/mol. The number of nitrogens with zero attached hydrogens (tertiary/aromatic N) is 2. The zero-order valence-corrected chi connectivity index (χ0v) is 12.4. The van der Waals surface area contributed by atoms with Gasteiger partial charge >= 0.3 is 0 Å². The predicted octanol–water partition coefficient (Wildman–Crippen LogP) is 0.869. The Kier molecular flexibility index (Phi) is 5.45. The average Bonchev–Trinajstić information content (AvgIpc) is 2.92. The summed E-state index contributed by atoms with van der Waals surface area (Å²) in [4.78, 5) is 15.8. The van der Waals surface area contributed by atoms with Crippen LogP contribution in [0.25, 0.3) is 0 Å². The molecule has 8 nitrogen and oxygen atoms in total. The molecule has 0 spiro atoms. The van der Waals surface area contributed by atoms with Crippen molar-refractivity contribution in [2.75, 3.05) is 19.0 Å². The fourth-order valence-electron chi connectivity index (χ4n) is 1.67. The van der Waals surface area contributed by atoms with Crippen LogP contribution in [-0.4, -0.2) is 35.8 Å². The zero-order chi connectivity index (χ0) is 15.9. The van der Waals surface area contributed by atoms with E-state index in [1.165, 1.54) is 7.11 Å². The van der Waals surface area contributed by atoms with Gasteiger partial charge in [0, 0.05) is 19.7 Å². The van der Waals surface area contributed by atoms with Gasteiger partial charge in [-0.25, -0.2) is 0 Å². The van der Waals surface area contributed by atoms with Crippen molar-refractivity contribution in [1.29, 1.82) is 0 Å². The number of aryl methyl sites for hydroxylation is 1. The Labute approximate surface area is 127 Å². The van der Waals surface area contributed by atoms with Crippen LogP contribution in [0.15, 0.2) is 28.8 Å². The standard InChI is InChI=1S/C14H18N4O4/c1-9-16-13(18-22-9)8-21-11-5-3-10(4-6-11)17-14(19)12(15)7-20-2/h3-6,12H,7-8,15H2,1-2H3,(H,17,19). The molecule has 2 aromatic rings. The number of carbonyl (C=O) groups excluding carboxylic acids is 1. The second kappa shape index (κ2) is 7.53. The minimum Gasteiger partial charge on any atom is -0.485 e.